The summed E-state index contributed by atoms with van der Waals surface area (Å²) in [6.07, 6.45) is 7.25. The maximum atomic E-state index is 13.2. The lowest BCUT2D eigenvalue weighted by Gasteiger charge is -2.31. The lowest BCUT2D eigenvalue weighted by atomic mass is 9.76. The molecule has 23 heavy (non-hydrogen) atoms. The van der Waals surface area contributed by atoms with Crippen molar-refractivity contribution in [3.8, 4) is 0 Å². The minimum Gasteiger partial charge on any atom is -0.338 e. The minimum atomic E-state index is -0.328. The molecule has 0 aromatic heterocycles. The molecule has 3 unspecified atom stereocenters. The van der Waals surface area contributed by atoms with Crippen molar-refractivity contribution in [2.24, 2.45) is 16.8 Å². The van der Waals surface area contributed by atoms with Crippen LogP contribution in [0.1, 0.15) is 57.1 Å². The van der Waals surface area contributed by atoms with E-state index in [-0.39, 0.29) is 11.9 Å². The summed E-state index contributed by atoms with van der Waals surface area (Å²) in [6.45, 7) is 3.05. The summed E-state index contributed by atoms with van der Waals surface area (Å²) in [5.74, 6) is 1.73. The number of benzene rings is 1. The first kappa shape index (κ1) is 14.9. The third-order valence-electron chi connectivity index (χ3n) is 6.10. The molecule has 1 aliphatic heterocycles. The van der Waals surface area contributed by atoms with Crippen LogP contribution in [0, 0.1) is 11.8 Å². The van der Waals surface area contributed by atoms with Gasteiger partial charge in [-0.05, 0) is 62.8 Å². The van der Waals surface area contributed by atoms with Gasteiger partial charge in [-0.15, -0.1) is 0 Å². The van der Waals surface area contributed by atoms with E-state index in [2.05, 4.69) is 24.0 Å². The van der Waals surface area contributed by atoms with E-state index in [9.17, 15) is 4.79 Å². The van der Waals surface area contributed by atoms with E-state index in [4.69, 9.17) is 4.99 Å². The third kappa shape index (κ3) is 2.71. The molecule has 2 aliphatic carbocycles. The molecule has 0 spiro atoms. The van der Waals surface area contributed by atoms with Crippen LogP contribution in [0.2, 0.25) is 0 Å². The van der Waals surface area contributed by atoms with Gasteiger partial charge in [-0.25, -0.2) is 0 Å². The molecule has 1 saturated heterocycles. The fraction of sp³-hybridized carbons (Fsp3) is 0.600. The predicted octanol–water partition coefficient (Wildman–Crippen LogP) is 4.00. The third-order valence-corrected chi connectivity index (χ3v) is 6.10. The average Bonchev–Trinajstić information content (AvgIpc) is 3.08. The molecular formula is C20H26N2O. The predicted molar refractivity (Wildman–Crippen MR) is 92.5 cm³/mol. The van der Waals surface area contributed by atoms with E-state index in [1.54, 1.807) is 0 Å². The van der Waals surface area contributed by atoms with Crippen molar-refractivity contribution in [2.45, 2.75) is 57.5 Å². The van der Waals surface area contributed by atoms with Crippen LogP contribution in [0.15, 0.2) is 35.3 Å². The highest BCUT2D eigenvalue weighted by Crippen LogP contribution is 2.46. The molecule has 4 rings (SSSR count). The van der Waals surface area contributed by atoms with Crippen LogP contribution in [-0.4, -0.2) is 29.1 Å². The van der Waals surface area contributed by atoms with Gasteiger partial charge < -0.3 is 4.90 Å². The molecule has 3 nitrogen and oxygen atoms in total. The van der Waals surface area contributed by atoms with Crippen LogP contribution in [0.3, 0.4) is 0 Å². The molecule has 1 heterocycles. The lowest BCUT2D eigenvalue weighted by Crippen LogP contribution is -2.37. The molecule has 0 bridgehead atoms. The first-order chi connectivity index (χ1) is 11.2. The van der Waals surface area contributed by atoms with Gasteiger partial charge in [0.05, 0.1) is 0 Å². The molecule has 0 N–H and O–H groups in total. The van der Waals surface area contributed by atoms with Gasteiger partial charge >= 0.3 is 0 Å². The van der Waals surface area contributed by atoms with Crippen molar-refractivity contribution in [1.82, 2.24) is 4.90 Å². The number of carbonyl (C=O) groups is 1. The van der Waals surface area contributed by atoms with Crippen LogP contribution in [0.4, 0.5) is 0 Å². The molecule has 4 atom stereocenters. The Kier molecular flexibility index (Phi) is 3.96. The molecule has 3 heteroatoms. The minimum absolute atomic E-state index is 0.205. The van der Waals surface area contributed by atoms with E-state index in [1.807, 2.05) is 18.2 Å². The number of fused-ring (bicyclic) bond motifs is 1. The second-order valence-electron chi connectivity index (χ2n) is 7.44. The van der Waals surface area contributed by atoms with Gasteiger partial charge in [-0.1, -0.05) is 30.3 Å². The Morgan fingerprint density at radius 3 is 2.61 bits per heavy atom. The molecule has 1 aromatic carbocycles. The lowest BCUT2D eigenvalue weighted by molar-refractivity contribution is -0.133. The van der Waals surface area contributed by atoms with Crippen LogP contribution in [-0.2, 0) is 4.79 Å². The van der Waals surface area contributed by atoms with Crippen LogP contribution in [0.25, 0.3) is 0 Å². The van der Waals surface area contributed by atoms with Crippen LogP contribution >= 0.6 is 0 Å². The maximum Gasteiger partial charge on any atom is 0.252 e. The van der Waals surface area contributed by atoms with Gasteiger partial charge in [0, 0.05) is 18.3 Å². The van der Waals surface area contributed by atoms with Gasteiger partial charge in [0.2, 0.25) is 0 Å². The molecular weight excluding hydrogens is 284 g/mol. The summed E-state index contributed by atoms with van der Waals surface area (Å²) in [7, 11) is 0. The summed E-state index contributed by atoms with van der Waals surface area (Å²) in [6, 6.07) is 10.2. The van der Waals surface area contributed by atoms with Crippen molar-refractivity contribution in [1.29, 1.82) is 0 Å². The first-order valence-corrected chi connectivity index (χ1v) is 9.16. The summed E-state index contributed by atoms with van der Waals surface area (Å²) < 4.78 is 0. The molecule has 0 radical (unpaired) electrons. The van der Waals surface area contributed by atoms with Gasteiger partial charge in [-0.3, -0.25) is 9.79 Å². The number of hydrogen-bond donors (Lipinski definition) is 0. The monoisotopic (exact) mass is 310 g/mol. The van der Waals surface area contributed by atoms with E-state index in [0.717, 1.165) is 37.3 Å². The highest BCUT2D eigenvalue weighted by Gasteiger charge is 2.41. The van der Waals surface area contributed by atoms with Crippen molar-refractivity contribution in [2.75, 3.05) is 6.54 Å². The number of rotatable bonds is 3. The molecule has 122 valence electrons. The second-order valence-corrected chi connectivity index (χ2v) is 7.44. The Morgan fingerprint density at radius 2 is 2.00 bits per heavy atom. The van der Waals surface area contributed by atoms with Crippen LogP contribution in [0.5, 0.6) is 0 Å². The summed E-state index contributed by atoms with van der Waals surface area (Å²) in [5.41, 5.74) is 2.36. The number of aliphatic imine (C=N–C) groups is 1. The first-order valence-electron chi connectivity index (χ1n) is 9.16. The zero-order valence-electron chi connectivity index (χ0n) is 13.9. The Bertz CT molecular complexity index is 609. The van der Waals surface area contributed by atoms with Crippen molar-refractivity contribution in [3.05, 3.63) is 35.9 Å². The average molecular weight is 310 g/mol. The molecule has 1 amide bonds. The quantitative estimate of drug-likeness (QED) is 0.830. The highest BCUT2D eigenvalue weighted by atomic mass is 16.2. The SMILES string of the molecule is C[C@@H]1CCCN1C(=O)C(N=C1CCC2CCC12)c1ccccc1. The maximum absolute atomic E-state index is 13.2. The summed E-state index contributed by atoms with van der Waals surface area (Å²) in [5, 5.41) is 0. The second kappa shape index (κ2) is 6.10. The Morgan fingerprint density at radius 1 is 1.17 bits per heavy atom. The van der Waals surface area contributed by atoms with Crippen molar-refractivity contribution < 1.29 is 4.79 Å². The number of likely N-dealkylation sites (tertiary alicyclic amines) is 1. The zero-order chi connectivity index (χ0) is 15.8. The molecule has 3 aliphatic rings. The van der Waals surface area contributed by atoms with Crippen molar-refractivity contribution in [3.63, 3.8) is 0 Å². The number of hydrogen-bond acceptors (Lipinski definition) is 2. The largest absolute Gasteiger partial charge is 0.338 e. The molecule has 3 fully saturated rings. The number of carbonyl (C=O) groups excluding carboxylic acids is 1. The Labute approximate surface area is 138 Å². The fourth-order valence-corrected chi connectivity index (χ4v) is 4.52. The summed E-state index contributed by atoms with van der Waals surface area (Å²) in [4.78, 5) is 20.3. The van der Waals surface area contributed by atoms with E-state index < -0.39 is 0 Å². The van der Waals surface area contributed by atoms with Crippen LogP contribution < -0.4 is 0 Å². The van der Waals surface area contributed by atoms with E-state index in [0.29, 0.717) is 12.0 Å². The molecule has 2 saturated carbocycles. The topological polar surface area (TPSA) is 32.7 Å². The fourth-order valence-electron chi connectivity index (χ4n) is 4.52. The Hall–Kier alpha value is -1.64. The van der Waals surface area contributed by atoms with E-state index >= 15 is 0 Å². The van der Waals surface area contributed by atoms with E-state index in [1.165, 1.54) is 25.0 Å². The highest BCUT2D eigenvalue weighted by molar-refractivity contribution is 5.93. The Balaban J connectivity index is 1.64. The van der Waals surface area contributed by atoms with Gasteiger partial charge in [0.1, 0.15) is 0 Å². The van der Waals surface area contributed by atoms with Gasteiger partial charge in [0.15, 0.2) is 6.04 Å². The van der Waals surface area contributed by atoms with Gasteiger partial charge in [0.25, 0.3) is 5.91 Å². The number of amides is 1. The smallest absolute Gasteiger partial charge is 0.252 e. The van der Waals surface area contributed by atoms with Crippen molar-refractivity contribution >= 4 is 11.6 Å². The number of nitrogens with zero attached hydrogens (tertiary/aromatic N) is 2. The zero-order valence-corrected chi connectivity index (χ0v) is 13.9. The normalized spacial score (nSPS) is 32.7. The summed E-state index contributed by atoms with van der Waals surface area (Å²) >= 11 is 0. The standard InChI is InChI=1S/C20H26N2O/c1-14-6-5-13-22(14)20(23)19(16-7-3-2-4-8-16)21-18-12-10-15-9-11-17(15)18/h2-4,7-8,14-15,17,19H,5-6,9-13H2,1H3/t14-,15?,17?,19?/m1/s1. The van der Waals surface area contributed by atoms with Gasteiger partial charge in [-0.2, -0.15) is 0 Å². The molecule has 1 aromatic rings.